The number of hydrogen-bond acceptors (Lipinski definition) is 4. The van der Waals surface area contributed by atoms with E-state index in [0.717, 1.165) is 0 Å². The van der Waals surface area contributed by atoms with Crippen LogP contribution in [-0.2, 0) is 4.79 Å². The second kappa shape index (κ2) is 6.94. The summed E-state index contributed by atoms with van der Waals surface area (Å²) >= 11 is 1.26. The summed E-state index contributed by atoms with van der Waals surface area (Å²) in [5.74, 6) is 0.367. The quantitative estimate of drug-likeness (QED) is 0.783. The lowest BCUT2D eigenvalue weighted by atomic mass is 10.1. The SMILES string of the molecule is CC(O)c1ccccc1NC(=O)CSCC#N. The first-order valence-corrected chi connectivity index (χ1v) is 6.32. The summed E-state index contributed by atoms with van der Waals surface area (Å²) in [4.78, 5) is 11.5. The van der Waals surface area contributed by atoms with Gasteiger partial charge >= 0.3 is 0 Å². The molecule has 1 aromatic rings. The number of amides is 1. The van der Waals surface area contributed by atoms with Crippen molar-refractivity contribution in [3.63, 3.8) is 0 Å². The van der Waals surface area contributed by atoms with Gasteiger partial charge in [0.15, 0.2) is 0 Å². The Balaban J connectivity index is 2.62. The summed E-state index contributed by atoms with van der Waals surface area (Å²) in [5.41, 5.74) is 1.30. The van der Waals surface area contributed by atoms with Crippen LogP contribution in [0.2, 0.25) is 0 Å². The molecule has 0 bridgehead atoms. The predicted molar refractivity (Wildman–Crippen MR) is 68.6 cm³/mol. The fourth-order valence-electron chi connectivity index (χ4n) is 1.35. The smallest absolute Gasteiger partial charge is 0.234 e. The van der Waals surface area contributed by atoms with Gasteiger partial charge in [-0.15, -0.1) is 11.8 Å². The molecule has 2 N–H and O–H groups in total. The van der Waals surface area contributed by atoms with E-state index in [4.69, 9.17) is 5.26 Å². The third-order valence-electron chi connectivity index (χ3n) is 2.08. The second-order valence-corrected chi connectivity index (χ2v) is 4.45. The molecule has 0 saturated heterocycles. The lowest BCUT2D eigenvalue weighted by Gasteiger charge is -2.12. The number of nitrogens with one attached hydrogen (secondary N) is 1. The molecule has 0 aromatic heterocycles. The molecular formula is C12H14N2O2S. The van der Waals surface area contributed by atoms with Gasteiger partial charge in [0.05, 0.1) is 23.7 Å². The minimum absolute atomic E-state index is 0.168. The van der Waals surface area contributed by atoms with Crippen molar-refractivity contribution in [1.82, 2.24) is 0 Å². The molecule has 1 rings (SSSR count). The summed E-state index contributed by atoms with van der Waals surface area (Å²) in [6.45, 7) is 1.65. The van der Waals surface area contributed by atoms with Crippen LogP contribution >= 0.6 is 11.8 Å². The third kappa shape index (κ3) is 4.47. The fraction of sp³-hybridized carbons (Fsp3) is 0.333. The van der Waals surface area contributed by atoms with E-state index in [1.165, 1.54) is 11.8 Å². The van der Waals surface area contributed by atoms with Crippen molar-refractivity contribution < 1.29 is 9.90 Å². The molecule has 0 heterocycles. The minimum Gasteiger partial charge on any atom is -0.389 e. The van der Waals surface area contributed by atoms with Crippen LogP contribution in [0.3, 0.4) is 0 Å². The van der Waals surface area contributed by atoms with Crippen LogP contribution in [0.25, 0.3) is 0 Å². The van der Waals surface area contributed by atoms with Gasteiger partial charge in [0.25, 0.3) is 0 Å². The molecule has 0 saturated carbocycles. The Hall–Kier alpha value is -1.51. The van der Waals surface area contributed by atoms with Gasteiger partial charge in [-0.3, -0.25) is 4.79 Å². The van der Waals surface area contributed by atoms with Crippen molar-refractivity contribution in [3.05, 3.63) is 29.8 Å². The molecule has 17 heavy (non-hydrogen) atoms. The first-order valence-electron chi connectivity index (χ1n) is 5.16. The van der Waals surface area contributed by atoms with Crippen LogP contribution in [0.1, 0.15) is 18.6 Å². The van der Waals surface area contributed by atoms with Crippen molar-refractivity contribution >= 4 is 23.4 Å². The van der Waals surface area contributed by atoms with Crippen LogP contribution in [0.15, 0.2) is 24.3 Å². The molecular weight excluding hydrogens is 236 g/mol. The number of rotatable bonds is 5. The van der Waals surface area contributed by atoms with Crippen LogP contribution < -0.4 is 5.32 Å². The van der Waals surface area contributed by atoms with E-state index in [2.05, 4.69) is 5.32 Å². The normalized spacial score (nSPS) is 11.6. The largest absolute Gasteiger partial charge is 0.389 e. The molecule has 1 aromatic carbocycles. The van der Waals surface area contributed by atoms with Gasteiger partial charge in [0.2, 0.25) is 5.91 Å². The summed E-state index contributed by atoms with van der Waals surface area (Å²) < 4.78 is 0. The summed E-state index contributed by atoms with van der Waals surface area (Å²) in [6, 6.07) is 9.07. The van der Waals surface area contributed by atoms with Gasteiger partial charge in [-0.05, 0) is 13.0 Å². The van der Waals surface area contributed by atoms with Crippen molar-refractivity contribution in [2.45, 2.75) is 13.0 Å². The molecule has 90 valence electrons. The van der Waals surface area contributed by atoms with E-state index in [0.29, 0.717) is 17.0 Å². The van der Waals surface area contributed by atoms with Gasteiger partial charge in [0.1, 0.15) is 0 Å². The maximum absolute atomic E-state index is 11.5. The van der Waals surface area contributed by atoms with E-state index in [1.807, 2.05) is 12.1 Å². The van der Waals surface area contributed by atoms with Crippen LogP contribution in [-0.4, -0.2) is 22.5 Å². The van der Waals surface area contributed by atoms with Crippen molar-refractivity contribution in [2.24, 2.45) is 0 Å². The Bertz CT molecular complexity index is 427. The average molecular weight is 250 g/mol. The fourth-order valence-corrected chi connectivity index (χ4v) is 1.80. The maximum atomic E-state index is 11.5. The minimum atomic E-state index is -0.627. The van der Waals surface area contributed by atoms with E-state index in [1.54, 1.807) is 25.1 Å². The lowest BCUT2D eigenvalue weighted by molar-refractivity contribution is -0.113. The Morgan fingerprint density at radius 2 is 2.29 bits per heavy atom. The number of anilines is 1. The van der Waals surface area contributed by atoms with Crippen molar-refractivity contribution in [1.29, 1.82) is 5.26 Å². The van der Waals surface area contributed by atoms with Gasteiger partial charge in [-0.25, -0.2) is 0 Å². The van der Waals surface area contributed by atoms with E-state index < -0.39 is 6.10 Å². The Morgan fingerprint density at radius 1 is 1.59 bits per heavy atom. The number of nitrogens with zero attached hydrogens (tertiary/aromatic N) is 1. The monoisotopic (exact) mass is 250 g/mol. The first-order chi connectivity index (χ1) is 8.15. The molecule has 1 atom stereocenters. The molecule has 5 heteroatoms. The molecule has 0 aliphatic carbocycles. The van der Waals surface area contributed by atoms with E-state index in [-0.39, 0.29) is 11.7 Å². The number of thioether (sulfide) groups is 1. The van der Waals surface area contributed by atoms with Crippen LogP contribution in [0.4, 0.5) is 5.69 Å². The highest BCUT2D eigenvalue weighted by atomic mass is 32.2. The number of hydrogen-bond donors (Lipinski definition) is 2. The lowest BCUT2D eigenvalue weighted by Crippen LogP contribution is -2.16. The number of para-hydroxylation sites is 1. The predicted octanol–water partition coefficient (Wildman–Crippen LogP) is 1.94. The maximum Gasteiger partial charge on any atom is 0.234 e. The van der Waals surface area contributed by atoms with Crippen molar-refractivity contribution in [2.75, 3.05) is 16.8 Å². The average Bonchev–Trinajstić information content (AvgIpc) is 2.29. The second-order valence-electron chi connectivity index (χ2n) is 3.46. The third-order valence-corrected chi connectivity index (χ3v) is 2.88. The molecule has 0 spiro atoms. The van der Waals surface area contributed by atoms with Crippen LogP contribution in [0.5, 0.6) is 0 Å². The van der Waals surface area contributed by atoms with E-state index in [9.17, 15) is 9.90 Å². The molecule has 0 aliphatic heterocycles. The Kier molecular flexibility index (Phi) is 5.53. The van der Waals surface area contributed by atoms with Gasteiger partial charge < -0.3 is 10.4 Å². The first kappa shape index (κ1) is 13.6. The summed E-state index contributed by atoms with van der Waals surface area (Å²) in [7, 11) is 0. The zero-order valence-corrected chi connectivity index (χ0v) is 10.3. The van der Waals surface area contributed by atoms with Gasteiger partial charge in [-0.2, -0.15) is 5.26 Å². The van der Waals surface area contributed by atoms with Crippen molar-refractivity contribution in [3.8, 4) is 6.07 Å². The molecule has 0 fully saturated rings. The molecule has 0 aliphatic rings. The molecule has 4 nitrogen and oxygen atoms in total. The number of benzene rings is 1. The van der Waals surface area contributed by atoms with Gasteiger partial charge in [-0.1, -0.05) is 18.2 Å². The van der Waals surface area contributed by atoms with Crippen LogP contribution in [0, 0.1) is 11.3 Å². The van der Waals surface area contributed by atoms with E-state index >= 15 is 0 Å². The zero-order chi connectivity index (χ0) is 12.7. The number of carbonyl (C=O) groups excluding carboxylic acids is 1. The number of aliphatic hydroxyl groups excluding tert-OH is 1. The Morgan fingerprint density at radius 3 is 2.94 bits per heavy atom. The summed E-state index contributed by atoms with van der Waals surface area (Å²) in [6.07, 6.45) is -0.627. The molecule has 1 unspecified atom stereocenters. The molecule has 0 radical (unpaired) electrons. The Labute approximate surface area is 105 Å². The number of aliphatic hydroxyl groups is 1. The number of carbonyl (C=O) groups is 1. The summed E-state index contributed by atoms with van der Waals surface area (Å²) in [5, 5.41) is 20.6. The topological polar surface area (TPSA) is 73.1 Å². The highest BCUT2D eigenvalue weighted by molar-refractivity contribution is 8.00. The standard InChI is InChI=1S/C12H14N2O2S/c1-9(15)10-4-2-3-5-11(10)14-12(16)8-17-7-6-13/h2-5,9,15H,7-8H2,1H3,(H,14,16). The highest BCUT2D eigenvalue weighted by Gasteiger charge is 2.09. The molecule has 1 amide bonds. The number of nitriles is 1. The van der Waals surface area contributed by atoms with Gasteiger partial charge in [0, 0.05) is 11.3 Å². The zero-order valence-electron chi connectivity index (χ0n) is 9.51. The highest BCUT2D eigenvalue weighted by Crippen LogP contribution is 2.22.